The molecule has 3 saturated carbocycles. The molecule has 3 aliphatic rings. The minimum Gasteiger partial charge on any atom is -0.251 e. The maximum Gasteiger partial charge on any atom is 0.0897 e. The molecule has 0 heterocycles. The summed E-state index contributed by atoms with van der Waals surface area (Å²) in [7, 11) is 0. The number of halogens is 1. The molecule has 1 aromatic carbocycles. The summed E-state index contributed by atoms with van der Waals surface area (Å²) in [5.74, 6) is 5.84. The van der Waals surface area contributed by atoms with E-state index in [0.29, 0.717) is 6.42 Å². The predicted octanol–water partition coefficient (Wildman–Crippen LogP) is 10.6. The molecule has 196 valence electrons. The van der Waals surface area contributed by atoms with Crippen molar-refractivity contribution in [2.24, 2.45) is 29.6 Å². The van der Waals surface area contributed by atoms with E-state index in [1.165, 1.54) is 114 Å². The van der Waals surface area contributed by atoms with Crippen LogP contribution in [0.5, 0.6) is 0 Å². The summed E-state index contributed by atoms with van der Waals surface area (Å²) in [4.78, 5) is 0. The van der Waals surface area contributed by atoms with Gasteiger partial charge in [-0.2, -0.15) is 0 Å². The summed E-state index contributed by atoms with van der Waals surface area (Å²) in [6, 6.07) is 9.13. The molecular weight excluding hydrogens is 427 g/mol. The van der Waals surface area contributed by atoms with Crippen LogP contribution in [0.15, 0.2) is 36.4 Å². The standard InChI is InChI=1S/C34H53F/c1-2-3-4-6-27-10-18-31(19-11-27)33-22-14-29(15-23-33)8-9-30-16-24-34(25-17-30)32-20-12-28(13-21-32)7-5-26-35/h3-4,12-13,20-21,27,29-31,33-34H,2,5-11,14-19,22-26H2,1H3/t27-,29-,30-,31-,33-,34-. The van der Waals surface area contributed by atoms with Crippen molar-refractivity contribution in [2.75, 3.05) is 6.67 Å². The zero-order chi connectivity index (χ0) is 24.3. The van der Waals surface area contributed by atoms with Crippen molar-refractivity contribution < 1.29 is 4.39 Å². The molecule has 3 aliphatic carbocycles. The molecule has 35 heavy (non-hydrogen) atoms. The summed E-state index contributed by atoms with van der Waals surface area (Å²) in [5, 5.41) is 0. The maximum absolute atomic E-state index is 12.4. The molecule has 0 saturated heterocycles. The lowest BCUT2D eigenvalue weighted by atomic mass is 9.68. The van der Waals surface area contributed by atoms with E-state index in [2.05, 4.69) is 43.3 Å². The van der Waals surface area contributed by atoms with E-state index >= 15 is 0 Å². The first-order valence-electron chi connectivity index (χ1n) is 15.5. The van der Waals surface area contributed by atoms with Crippen LogP contribution in [0.3, 0.4) is 0 Å². The van der Waals surface area contributed by atoms with Gasteiger partial charge < -0.3 is 0 Å². The molecule has 0 atom stereocenters. The van der Waals surface area contributed by atoms with Gasteiger partial charge in [-0.3, -0.25) is 4.39 Å². The van der Waals surface area contributed by atoms with E-state index in [4.69, 9.17) is 0 Å². The normalized spacial score (nSPS) is 32.2. The number of aryl methyl sites for hydroxylation is 1. The third-order valence-corrected chi connectivity index (χ3v) is 10.2. The SMILES string of the molecule is CCC=CC[C@H]1CC[C@H]([C@H]2CC[C@H](CC[C@H]3CC[C@H](c4ccc(CCCF)cc4)CC3)CC2)CC1. The Bertz CT molecular complexity index is 709. The molecule has 1 aromatic rings. The number of benzene rings is 1. The van der Waals surface area contributed by atoms with Crippen LogP contribution in [0.4, 0.5) is 4.39 Å². The van der Waals surface area contributed by atoms with Gasteiger partial charge in [-0.15, -0.1) is 0 Å². The van der Waals surface area contributed by atoms with Gasteiger partial charge in [-0.05, 0) is 137 Å². The molecule has 4 rings (SSSR count). The topological polar surface area (TPSA) is 0 Å². The number of hydrogen-bond donors (Lipinski definition) is 0. The minimum atomic E-state index is -0.203. The maximum atomic E-state index is 12.4. The zero-order valence-corrected chi connectivity index (χ0v) is 22.7. The first-order chi connectivity index (χ1) is 17.2. The number of hydrogen-bond acceptors (Lipinski definition) is 0. The van der Waals surface area contributed by atoms with Crippen LogP contribution in [0.25, 0.3) is 0 Å². The van der Waals surface area contributed by atoms with Gasteiger partial charge in [0.1, 0.15) is 0 Å². The Balaban J connectivity index is 1.09. The molecule has 0 radical (unpaired) electrons. The first-order valence-corrected chi connectivity index (χ1v) is 15.5. The lowest BCUT2D eigenvalue weighted by molar-refractivity contribution is 0.140. The fraction of sp³-hybridized carbons (Fsp3) is 0.765. The Morgan fingerprint density at radius 3 is 1.77 bits per heavy atom. The van der Waals surface area contributed by atoms with Crippen LogP contribution in [0, 0.1) is 29.6 Å². The Hall–Kier alpha value is -1.11. The molecule has 0 N–H and O–H groups in total. The highest BCUT2D eigenvalue weighted by Crippen LogP contribution is 2.44. The lowest BCUT2D eigenvalue weighted by Crippen LogP contribution is -2.26. The van der Waals surface area contributed by atoms with E-state index in [1.807, 2.05) is 0 Å². The number of allylic oxidation sites excluding steroid dienone is 2. The summed E-state index contributed by atoms with van der Waals surface area (Å²) in [6.45, 7) is 2.04. The van der Waals surface area contributed by atoms with Crippen molar-refractivity contribution in [2.45, 2.75) is 128 Å². The number of rotatable bonds is 11. The number of alkyl halides is 1. The van der Waals surface area contributed by atoms with Crippen molar-refractivity contribution >= 4 is 0 Å². The Kier molecular flexibility index (Phi) is 11.2. The average Bonchev–Trinajstić information content (AvgIpc) is 2.92. The highest BCUT2D eigenvalue weighted by Gasteiger charge is 2.31. The van der Waals surface area contributed by atoms with Gasteiger partial charge in [-0.1, -0.05) is 69.0 Å². The second kappa shape index (κ2) is 14.6. The molecule has 0 unspecified atom stereocenters. The summed E-state index contributed by atoms with van der Waals surface area (Å²) < 4.78 is 12.4. The average molecular weight is 481 g/mol. The van der Waals surface area contributed by atoms with E-state index in [-0.39, 0.29) is 6.67 Å². The van der Waals surface area contributed by atoms with E-state index in [0.717, 1.165) is 41.9 Å². The van der Waals surface area contributed by atoms with Gasteiger partial charge in [0.05, 0.1) is 6.67 Å². The smallest absolute Gasteiger partial charge is 0.0897 e. The van der Waals surface area contributed by atoms with Crippen LogP contribution < -0.4 is 0 Å². The molecule has 1 heteroatoms. The van der Waals surface area contributed by atoms with Crippen LogP contribution in [0.2, 0.25) is 0 Å². The Morgan fingerprint density at radius 2 is 1.23 bits per heavy atom. The quantitative estimate of drug-likeness (QED) is 0.276. The van der Waals surface area contributed by atoms with Gasteiger partial charge in [0.2, 0.25) is 0 Å². The summed E-state index contributed by atoms with van der Waals surface area (Å²) >= 11 is 0. The molecule has 0 amide bonds. The summed E-state index contributed by atoms with van der Waals surface area (Å²) in [6.07, 6.45) is 29.6. The first kappa shape index (κ1) is 26.9. The van der Waals surface area contributed by atoms with Crippen LogP contribution in [-0.4, -0.2) is 6.67 Å². The largest absolute Gasteiger partial charge is 0.251 e. The van der Waals surface area contributed by atoms with Gasteiger partial charge in [-0.25, -0.2) is 0 Å². The zero-order valence-electron chi connectivity index (χ0n) is 22.7. The summed E-state index contributed by atoms with van der Waals surface area (Å²) in [5.41, 5.74) is 2.82. The monoisotopic (exact) mass is 480 g/mol. The van der Waals surface area contributed by atoms with Crippen molar-refractivity contribution in [3.8, 4) is 0 Å². The molecular formula is C34H53F. The van der Waals surface area contributed by atoms with E-state index < -0.39 is 0 Å². The second-order valence-electron chi connectivity index (χ2n) is 12.5. The van der Waals surface area contributed by atoms with Gasteiger partial charge >= 0.3 is 0 Å². The van der Waals surface area contributed by atoms with Crippen molar-refractivity contribution in [3.05, 3.63) is 47.5 Å². The minimum absolute atomic E-state index is 0.203. The van der Waals surface area contributed by atoms with Crippen molar-refractivity contribution in [3.63, 3.8) is 0 Å². The Morgan fingerprint density at radius 1 is 0.686 bits per heavy atom. The Labute approximate surface area is 216 Å². The van der Waals surface area contributed by atoms with Crippen molar-refractivity contribution in [1.29, 1.82) is 0 Å². The predicted molar refractivity (Wildman–Crippen MR) is 150 cm³/mol. The van der Waals surface area contributed by atoms with E-state index in [1.54, 1.807) is 0 Å². The molecule has 3 fully saturated rings. The fourth-order valence-corrected chi connectivity index (χ4v) is 7.78. The fourth-order valence-electron chi connectivity index (χ4n) is 7.78. The van der Waals surface area contributed by atoms with Gasteiger partial charge in [0.15, 0.2) is 0 Å². The molecule has 0 spiro atoms. The van der Waals surface area contributed by atoms with Crippen LogP contribution in [0.1, 0.15) is 133 Å². The molecule has 0 nitrogen and oxygen atoms in total. The van der Waals surface area contributed by atoms with Crippen LogP contribution in [-0.2, 0) is 6.42 Å². The molecule has 0 aromatic heterocycles. The van der Waals surface area contributed by atoms with Crippen molar-refractivity contribution in [1.82, 2.24) is 0 Å². The lowest BCUT2D eigenvalue weighted by Gasteiger charge is -2.38. The van der Waals surface area contributed by atoms with Gasteiger partial charge in [0, 0.05) is 0 Å². The molecule has 0 bridgehead atoms. The highest BCUT2D eigenvalue weighted by atomic mass is 19.1. The third-order valence-electron chi connectivity index (χ3n) is 10.2. The molecule has 0 aliphatic heterocycles. The second-order valence-corrected chi connectivity index (χ2v) is 12.5. The highest BCUT2D eigenvalue weighted by molar-refractivity contribution is 5.26. The van der Waals surface area contributed by atoms with Gasteiger partial charge in [0.25, 0.3) is 0 Å². The van der Waals surface area contributed by atoms with E-state index in [9.17, 15) is 4.39 Å². The van der Waals surface area contributed by atoms with Crippen LogP contribution >= 0.6 is 0 Å². The third kappa shape index (κ3) is 8.46.